The Bertz CT molecular complexity index is 651. The predicted molar refractivity (Wildman–Crippen MR) is 96.9 cm³/mol. The minimum Gasteiger partial charge on any atom is -0.466 e. The molecule has 1 atom stereocenters. The van der Waals surface area contributed by atoms with Crippen molar-refractivity contribution < 1.29 is 9.53 Å². The summed E-state index contributed by atoms with van der Waals surface area (Å²) in [6.45, 7) is 4.06. The molecule has 0 aromatic heterocycles. The van der Waals surface area contributed by atoms with Crippen molar-refractivity contribution in [2.24, 2.45) is 0 Å². The van der Waals surface area contributed by atoms with Gasteiger partial charge in [-0.3, -0.25) is 4.79 Å². The molecule has 0 N–H and O–H groups in total. The molecule has 0 aliphatic carbocycles. The summed E-state index contributed by atoms with van der Waals surface area (Å²) in [6.07, 6.45) is 0.834. The van der Waals surface area contributed by atoms with E-state index < -0.39 is 0 Å². The summed E-state index contributed by atoms with van der Waals surface area (Å²) in [5.41, 5.74) is 3.60. The van der Waals surface area contributed by atoms with Crippen molar-refractivity contribution >= 4 is 37.8 Å². The first-order valence-corrected chi connectivity index (χ1v) is 8.74. The van der Waals surface area contributed by atoms with Gasteiger partial charge in [-0.25, -0.2) is 0 Å². The van der Waals surface area contributed by atoms with Crippen molar-refractivity contribution in [3.05, 3.63) is 57.0 Å². The molecule has 0 amide bonds. The first kappa shape index (κ1) is 17.2. The van der Waals surface area contributed by atoms with Gasteiger partial charge in [-0.05, 0) is 41.2 Å². The highest BCUT2D eigenvalue weighted by molar-refractivity contribution is 9.11. The first-order chi connectivity index (χ1) is 10.5. The average Bonchev–Trinajstić information content (AvgIpc) is 2.47. The molecule has 0 fully saturated rings. The van der Waals surface area contributed by atoms with E-state index in [2.05, 4.69) is 69.1 Å². The summed E-state index contributed by atoms with van der Waals surface area (Å²) < 4.78 is 7.13. The van der Waals surface area contributed by atoms with Crippen LogP contribution in [0.4, 0.5) is 0 Å². The lowest BCUT2D eigenvalue weighted by Gasteiger charge is -2.13. The van der Waals surface area contributed by atoms with Gasteiger partial charge in [0.05, 0.1) is 6.61 Å². The van der Waals surface area contributed by atoms with Crippen LogP contribution in [0.5, 0.6) is 0 Å². The zero-order valence-corrected chi connectivity index (χ0v) is 15.8. The number of benzene rings is 2. The fourth-order valence-electron chi connectivity index (χ4n) is 2.26. The average molecular weight is 426 g/mol. The summed E-state index contributed by atoms with van der Waals surface area (Å²) in [5.74, 6) is 0.143. The lowest BCUT2D eigenvalue weighted by molar-refractivity contribution is -0.141. The van der Waals surface area contributed by atoms with Gasteiger partial charge in [-0.1, -0.05) is 69.1 Å². The Balaban J connectivity index is 2.08. The largest absolute Gasteiger partial charge is 0.466 e. The van der Waals surface area contributed by atoms with E-state index in [-0.39, 0.29) is 5.97 Å². The summed E-state index contributed by atoms with van der Waals surface area (Å²) in [5, 5.41) is 0. The molecule has 22 heavy (non-hydrogen) atoms. The third-order valence-electron chi connectivity index (χ3n) is 3.58. The molecule has 116 valence electrons. The Morgan fingerprint density at radius 1 is 1.14 bits per heavy atom. The van der Waals surface area contributed by atoms with Crippen LogP contribution in [0.15, 0.2) is 51.4 Å². The van der Waals surface area contributed by atoms with E-state index in [1.54, 1.807) is 0 Å². The first-order valence-electron chi connectivity index (χ1n) is 7.16. The standard InChI is InChI=1S/C18H18Br2O2/c1-12(9-10-22-13(2)21)14-3-5-15(6-4-14)17-8-7-16(19)11-18(17)20/h3-8,11-12H,9-10H2,1-2H3. The number of carbonyl (C=O) groups excluding carboxylic acids is 1. The summed E-state index contributed by atoms with van der Waals surface area (Å²) >= 11 is 7.07. The zero-order valence-electron chi connectivity index (χ0n) is 12.6. The molecule has 2 nitrogen and oxygen atoms in total. The van der Waals surface area contributed by atoms with Gasteiger partial charge in [0.2, 0.25) is 0 Å². The Morgan fingerprint density at radius 2 is 1.82 bits per heavy atom. The van der Waals surface area contributed by atoms with Crippen LogP contribution in [0, 0.1) is 0 Å². The maximum absolute atomic E-state index is 10.8. The van der Waals surface area contributed by atoms with E-state index >= 15 is 0 Å². The van der Waals surface area contributed by atoms with Gasteiger partial charge in [0.15, 0.2) is 0 Å². The van der Waals surface area contributed by atoms with Gasteiger partial charge in [-0.15, -0.1) is 0 Å². The summed E-state index contributed by atoms with van der Waals surface area (Å²) in [6, 6.07) is 14.7. The Kier molecular flexibility index (Phi) is 6.21. The summed E-state index contributed by atoms with van der Waals surface area (Å²) in [7, 11) is 0. The lowest BCUT2D eigenvalue weighted by atomic mass is 9.95. The molecular formula is C18H18Br2O2. The second-order valence-corrected chi connectivity index (χ2v) is 7.05. The van der Waals surface area contributed by atoms with Crippen LogP contribution in [0.2, 0.25) is 0 Å². The van der Waals surface area contributed by atoms with Crippen molar-refractivity contribution in [1.29, 1.82) is 0 Å². The third-order valence-corrected chi connectivity index (χ3v) is 4.73. The smallest absolute Gasteiger partial charge is 0.302 e. The minimum atomic E-state index is -0.220. The zero-order chi connectivity index (χ0) is 16.1. The molecule has 0 saturated heterocycles. The molecule has 2 aromatic carbocycles. The van der Waals surface area contributed by atoms with Crippen LogP contribution in [0.25, 0.3) is 11.1 Å². The second kappa shape index (κ2) is 7.93. The monoisotopic (exact) mass is 424 g/mol. The Morgan fingerprint density at radius 3 is 2.41 bits per heavy atom. The maximum Gasteiger partial charge on any atom is 0.302 e. The Hall–Kier alpha value is -1.13. The van der Waals surface area contributed by atoms with Crippen LogP contribution in [0.1, 0.15) is 31.7 Å². The molecular weight excluding hydrogens is 408 g/mol. The highest BCUT2D eigenvalue weighted by atomic mass is 79.9. The number of rotatable bonds is 5. The normalized spacial score (nSPS) is 12.0. The maximum atomic E-state index is 10.8. The van der Waals surface area contributed by atoms with Crippen molar-refractivity contribution in [3.8, 4) is 11.1 Å². The molecule has 0 spiro atoms. The number of carbonyl (C=O) groups is 1. The van der Waals surface area contributed by atoms with Gasteiger partial charge < -0.3 is 4.74 Å². The highest BCUT2D eigenvalue weighted by Gasteiger charge is 2.08. The molecule has 0 radical (unpaired) electrons. The van der Waals surface area contributed by atoms with Crippen LogP contribution in [-0.2, 0) is 9.53 Å². The van der Waals surface area contributed by atoms with Crippen LogP contribution in [0.3, 0.4) is 0 Å². The van der Waals surface area contributed by atoms with Gasteiger partial charge in [0.25, 0.3) is 0 Å². The molecule has 0 saturated carbocycles. The van der Waals surface area contributed by atoms with Crippen molar-refractivity contribution in [3.63, 3.8) is 0 Å². The highest BCUT2D eigenvalue weighted by Crippen LogP contribution is 2.31. The molecule has 0 aliphatic rings. The van der Waals surface area contributed by atoms with E-state index in [0.717, 1.165) is 15.4 Å². The fraction of sp³-hybridized carbons (Fsp3) is 0.278. The van der Waals surface area contributed by atoms with Crippen LogP contribution < -0.4 is 0 Å². The number of ether oxygens (including phenoxy) is 1. The van der Waals surface area contributed by atoms with Crippen LogP contribution in [-0.4, -0.2) is 12.6 Å². The lowest BCUT2D eigenvalue weighted by Crippen LogP contribution is -2.04. The quantitative estimate of drug-likeness (QED) is 0.554. The van der Waals surface area contributed by atoms with Gasteiger partial charge in [-0.2, -0.15) is 0 Å². The number of esters is 1. The van der Waals surface area contributed by atoms with E-state index in [1.807, 2.05) is 12.1 Å². The number of halogens is 2. The fourth-order valence-corrected chi connectivity index (χ4v) is 3.54. The minimum absolute atomic E-state index is 0.220. The molecule has 2 rings (SSSR count). The van der Waals surface area contributed by atoms with Crippen molar-refractivity contribution in [2.45, 2.75) is 26.2 Å². The Labute approximate surface area is 148 Å². The molecule has 1 unspecified atom stereocenters. The van der Waals surface area contributed by atoms with E-state index in [0.29, 0.717) is 12.5 Å². The predicted octanol–water partition coefficient (Wildman–Crippen LogP) is 5.94. The van der Waals surface area contributed by atoms with Crippen molar-refractivity contribution in [1.82, 2.24) is 0 Å². The second-order valence-electron chi connectivity index (χ2n) is 5.28. The topological polar surface area (TPSA) is 26.3 Å². The van der Waals surface area contributed by atoms with Crippen LogP contribution >= 0.6 is 31.9 Å². The van der Waals surface area contributed by atoms with E-state index in [9.17, 15) is 4.79 Å². The van der Waals surface area contributed by atoms with Gasteiger partial charge in [0, 0.05) is 15.9 Å². The number of hydrogen-bond donors (Lipinski definition) is 0. The van der Waals surface area contributed by atoms with Gasteiger partial charge >= 0.3 is 5.97 Å². The summed E-state index contributed by atoms with van der Waals surface area (Å²) in [4.78, 5) is 10.8. The number of hydrogen-bond acceptors (Lipinski definition) is 2. The van der Waals surface area contributed by atoms with Crippen molar-refractivity contribution in [2.75, 3.05) is 6.61 Å². The molecule has 2 aromatic rings. The van der Waals surface area contributed by atoms with E-state index in [4.69, 9.17) is 4.74 Å². The molecule has 0 aliphatic heterocycles. The third kappa shape index (κ3) is 4.68. The van der Waals surface area contributed by atoms with Gasteiger partial charge in [0.1, 0.15) is 0 Å². The SMILES string of the molecule is CC(=O)OCCC(C)c1ccc(-c2ccc(Br)cc2Br)cc1. The molecule has 0 bridgehead atoms. The van der Waals surface area contributed by atoms with E-state index in [1.165, 1.54) is 23.6 Å². The molecule has 4 heteroatoms. The molecule has 0 heterocycles.